The Morgan fingerprint density at radius 2 is 1.78 bits per heavy atom. The van der Waals surface area contributed by atoms with Crippen molar-refractivity contribution in [2.75, 3.05) is 6.61 Å². The Hall–Kier alpha value is -3.41. The summed E-state index contributed by atoms with van der Waals surface area (Å²) in [6, 6.07) is 14.2. The quantitative estimate of drug-likeness (QED) is 0.489. The second-order valence-electron chi connectivity index (χ2n) is 5.84. The molecule has 0 bridgehead atoms. The van der Waals surface area contributed by atoms with Crippen molar-refractivity contribution in [1.29, 1.82) is 0 Å². The van der Waals surface area contributed by atoms with Crippen LogP contribution in [0.25, 0.3) is 11.0 Å². The molecule has 6 heteroatoms. The van der Waals surface area contributed by atoms with E-state index in [0.717, 1.165) is 6.07 Å². The number of hydrogen-bond donors (Lipinski definition) is 0. The van der Waals surface area contributed by atoms with Crippen LogP contribution in [0.5, 0.6) is 5.75 Å². The molecule has 0 aliphatic carbocycles. The molecule has 6 nitrogen and oxygen atoms in total. The predicted octanol–water partition coefficient (Wildman–Crippen LogP) is 3.62. The van der Waals surface area contributed by atoms with Crippen LogP contribution in [0.15, 0.2) is 63.8 Å². The number of para-hydroxylation sites is 1. The van der Waals surface area contributed by atoms with Crippen LogP contribution in [0.1, 0.15) is 34.8 Å². The van der Waals surface area contributed by atoms with Gasteiger partial charge in [0.05, 0.1) is 12.0 Å². The fraction of sp³-hybridized carbons (Fsp3) is 0.190. The highest BCUT2D eigenvalue weighted by molar-refractivity contribution is 6.01. The van der Waals surface area contributed by atoms with Crippen LogP contribution in [-0.2, 0) is 4.74 Å². The highest BCUT2D eigenvalue weighted by Gasteiger charge is 2.22. The smallest absolute Gasteiger partial charge is 0.375 e. The third-order valence-electron chi connectivity index (χ3n) is 3.94. The lowest BCUT2D eigenvalue weighted by molar-refractivity contribution is 0.0289. The van der Waals surface area contributed by atoms with Gasteiger partial charge in [-0.15, -0.1) is 0 Å². The number of esters is 1. The number of benzene rings is 2. The first-order valence-electron chi connectivity index (χ1n) is 8.50. The molecule has 0 radical (unpaired) electrons. The predicted molar refractivity (Wildman–Crippen MR) is 99.3 cm³/mol. The Morgan fingerprint density at radius 3 is 2.48 bits per heavy atom. The fourth-order valence-corrected chi connectivity index (χ4v) is 2.59. The zero-order valence-electron chi connectivity index (χ0n) is 14.9. The molecule has 2 aromatic carbocycles. The monoisotopic (exact) mass is 366 g/mol. The Bertz CT molecular complexity index is 1030. The van der Waals surface area contributed by atoms with Crippen LogP contribution >= 0.6 is 0 Å². The van der Waals surface area contributed by atoms with Crippen molar-refractivity contribution in [2.45, 2.75) is 20.0 Å². The minimum atomic E-state index is -1.03. The van der Waals surface area contributed by atoms with Gasteiger partial charge in [0.2, 0.25) is 11.5 Å². The van der Waals surface area contributed by atoms with Gasteiger partial charge >= 0.3 is 5.97 Å². The molecule has 0 fully saturated rings. The summed E-state index contributed by atoms with van der Waals surface area (Å²) in [6.07, 6.45) is -1.03. The summed E-state index contributed by atoms with van der Waals surface area (Å²) in [7, 11) is 0. The third kappa shape index (κ3) is 4.06. The van der Waals surface area contributed by atoms with E-state index in [4.69, 9.17) is 13.9 Å². The van der Waals surface area contributed by atoms with Gasteiger partial charge in [-0.2, -0.15) is 0 Å². The lowest BCUT2D eigenvalue weighted by Crippen LogP contribution is -2.25. The third-order valence-corrected chi connectivity index (χ3v) is 3.94. The van der Waals surface area contributed by atoms with Crippen molar-refractivity contribution in [2.24, 2.45) is 0 Å². The zero-order valence-corrected chi connectivity index (χ0v) is 14.9. The van der Waals surface area contributed by atoms with Crippen LogP contribution in [0.2, 0.25) is 0 Å². The molecule has 0 aliphatic rings. The first kappa shape index (κ1) is 18.4. The molecule has 3 aromatic rings. The lowest BCUT2D eigenvalue weighted by Gasteiger charge is -2.12. The van der Waals surface area contributed by atoms with E-state index in [1.54, 1.807) is 48.5 Å². The summed E-state index contributed by atoms with van der Waals surface area (Å²) < 4.78 is 15.9. The molecule has 1 aromatic heterocycles. The number of fused-ring (bicyclic) bond motifs is 1. The summed E-state index contributed by atoms with van der Waals surface area (Å²) in [6.45, 7) is 3.86. The van der Waals surface area contributed by atoms with Gasteiger partial charge in [-0.1, -0.05) is 12.1 Å². The highest BCUT2D eigenvalue weighted by atomic mass is 16.6. The second-order valence-corrected chi connectivity index (χ2v) is 5.84. The van der Waals surface area contributed by atoms with Crippen LogP contribution in [0.3, 0.4) is 0 Å². The van der Waals surface area contributed by atoms with Crippen molar-refractivity contribution in [3.63, 3.8) is 0 Å². The molecule has 0 aliphatic heterocycles. The van der Waals surface area contributed by atoms with Gasteiger partial charge in [-0.25, -0.2) is 4.79 Å². The molecule has 27 heavy (non-hydrogen) atoms. The van der Waals surface area contributed by atoms with E-state index in [1.807, 2.05) is 6.92 Å². The molecule has 138 valence electrons. The molecule has 1 heterocycles. The van der Waals surface area contributed by atoms with Crippen molar-refractivity contribution >= 4 is 22.7 Å². The molecular weight excluding hydrogens is 348 g/mol. The number of carbonyl (C=O) groups excluding carboxylic acids is 2. The number of hydrogen-bond acceptors (Lipinski definition) is 6. The molecule has 3 rings (SSSR count). The van der Waals surface area contributed by atoms with Crippen molar-refractivity contribution in [1.82, 2.24) is 0 Å². The molecule has 0 N–H and O–H groups in total. The Morgan fingerprint density at radius 1 is 1.07 bits per heavy atom. The Balaban J connectivity index is 1.75. The maximum atomic E-state index is 12.4. The highest BCUT2D eigenvalue weighted by Crippen LogP contribution is 2.16. The van der Waals surface area contributed by atoms with Gasteiger partial charge in [0, 0.05) is 11.6 Å². The first-order valence-corrected chi connectivity index (χ1v) is 8.50. The van der Waals surface area contributed by atoms with Gasteiger partial charge in [-0.05, 0) is 50.2 Å². The van der Waals surface area contributed by atoms with E-state index in [-0.39, 0.29) is 22.6 Å². The van der Waals surface area contributed by atoms with E-state index in [9.17, 15) is 14.4 Å². The van der Waals surface area contributed by atoms with E-state index in [1.165, 1.54) is 6.92 Å². The first-order chi connectivity index (χ1) is 13.0. The number of carbonyl (C=O) groups is 2. The number of ketones is 1. The van der Waals surface area contributed by atoms with Gasteiger partial charge in [-0.3, -0.25) is 9.59 Å². The van der Waals surface area contributed by atoms with Gasteiger partial charge in [0.15, 0.2) is 11.5 Å². The fourth-order valence-electron chi connectivity index (χ4n) is 2.59. The van der Waals surface area contributed by atoms with Crippen molar-refractivity contribution in [3.05, 3.63) is 76.1 Å². The largest absolute Gasteiger partial charge is 0.494 e. The average molecular weight is 366 g/mol. The molecule has 0 unspecified atom stereocenters. The Labute approximate surface area is 155 Å². The maximum absolute atomic E-state index is 12.4. The SMILES string of the molecule is CCOc1ccc(C(=O)[C@@H](C)OC(=O)c2cc(=O)c3ccccc3o2)cc1. The minimum absolute atomic E-state index is 0.245. The summed E-state index contributed by atoms with van der Waals surface area (Å²) in [5.74, 6) is -0.833. The second kappa shape index (κ2) is 7.86. The summed E-state index contributed by atoms with van der Waals surface area (Å²) in [5.41, 5.74) is 0.315. The van der Waals surface area contributed by atoms with Crippen molar-refractivity contribution < 1.29 is 23.5 Å². The van der Waals surface area contributed by atoms with E-state index in [0.29, 0.717) is 23.3 Å². The van der Waals surface area contributed by atoms with E-state index < -0.39 is 12.1 Å². The number of ether oxygens (including phenoxy) is 2. The van der Waals surface area contributed by atoms with Gasteiger partial charge in [0.25, 0.3) is 0 Å². The van der Waals surface area contributed by atoms with Crippen LogP contribution in [-0.4, -0.2) is 24.5 Å². The normalized spacial score (nSPS) is 11.8. The zero-order chi connectivity index (χ0) is 19.4. The standard InChI is InChI=1S/C21H18O6/c1-3-25-15-10-8-14(9-11-15)20(23)13(2)26-21(24)19-12-17(22)16-6-4-5-7-18(16)27-19/h4-13H,3H2,1-2H3/t13-/m1/s1. The van der Waals surface area contributed by atoms with E-state index >= 15 is 0 Å². The number of Topliss-reactive ketones (excluding diaryl/α,β-unsaturated/α-hetero) is 1. The topological polar surface area (TPSA) is 82.8 Å². The summed E-state index contributed by atoms with van der Waals surface area (Å²) in [5, 5.41) is 0.368. The van der Waals surface area contributed by atoms with E-state index in [2.05, 4.69) is 0 Å². The van der Waals surface area contributed by atoms with Crippen LogP contribution in [0, 0.1) is 0 Å². The van der Waals surface area contributed by atoms with Crippen LogP contribution < -0.4 is 10.2 Å². The van der Waals surface area contributed by atoms with Gasteiger partial charge < -0.3 is 13.9 Å². The lowest BCUT2D eigenvalue weighted by atomic mass is 10.1. The molecule has 0 amide bonds. The molecular formula is C21H18O6. The van der Waals surface area contributed by atoms with Crippen molar-refractivity contribution in [3.8, 4) is 5.75 Å². The summed E-state index contributed by atoms with van der Waals surface area (Å²) in [4.78, 5) is 36.8. The average Bonchev–Trinajstić information content (AvgIpc) is 2.68. The number of rotatable bonds is 6. The Kier molecular flexibility index (Phi) is 5.35. The summed E-state index contributed by atoms with van der Waals surface area (Å²) >= 11 is 0. The maximum Gasteiger partial charge on any atom is 0.375 e. The molecule has 1 atom stereocenters. The molecule has 0 saturated carbocycles. The molecule has 0 saturated heterocycles. The van der Waals surface area contributed by atoms with Gasteiger partial charge in [0.1, 0.15) is 11.3 Å². The minimum Gasteiger partial charge on any atom is -0.494 e. The van der Waals surface area contributed by atoms with Crippen LogP contribution in [0.4, 0.5) is 0 Å². The molecule has 0 spiro atoms.